The molecular formula is C20H22N2O3. The molecule has 2 unspecified atom stereocenters. The Hall–Kier alpha value is -2.82. The molecule has 2 aromatic carbocycles. The fraction of sp³-hybridized carbons (Fsp3) is 0.300. The SMILES string of the molecule is CC1CC(C(=O)O)CCN1C(=O)N(c1ccccc1)c1ccccc1. The molecule has 0 spiro atoms. The summed E-state index contributed by atoms with van der Waals surface area (Å²) >= 11 is 0. The van der Waals surface area contributed by atoms with Crippen LogP contribution in [0.5, 0.6) is 0 Å². The Morgan fingerprint density at radius 3 is 1.96 bits per heavy atom. The van der Waals surface area contributed by atoms with E-state index in [4.69, 9.17) is 0 Å². The smallest absolute Gasteiger partial charge is 0.329 e. The number of hydrogen-bond acceptors (Lipinski definition) is 2. The van der Waals surface area contributed by atoms with E-state index in [9.17, 15) is 14.7 Å². The Labute approximate surface area is 147 Å². The summed E-state index contributed by atoms with van der Waals surface area (Å²) in [5.41, 5.74) is 1.59. The van der Waals surface area contributed by atoms with Gasteiger partial charge in [-0.05, 0) is 44.0 Å². The van der Waals surface area contributed by atoms with Gasteiger partial charge in [-0.25, -0.2) is 4.79 Å². The number of carboxylic acid groups (broad SMARTS) is 1. The van der Waals surface area contributed by atoms with Crippen LogP contribution in [0.15, 0.2) is 60.7 Å². The van der Waals surface area contributed by atoms with Gasteiger partial charge in [-0.2, -0.15) is 0 Å². The zero-order chi connectivity index (χ0) is 17.8. The van der Waals surface area contributed by atoms with Gasteiger partial charge in [-0.15, -0.1) is 0 Å². The lowest BCUT2D eigenvalue weighted by atomic mass is 9.92. The number of rotatable bonds is 3. The molecular weight excluding hydrogens is 316 g/mol. The summed E-state index contributed by atoms with van der Waals surface area (Å²) in [4.78, 5) is 28.0. The zero-order valence-electron chi connectivity index (χ0n) is 14.2. The number of carbonyl (C=O) groups is 2. The van der Waals surface area contributed by atoms with E-state index in [0.29, 0.717) is 19.4 Å². The van der Waals surface area contributed by atoms with Gasteiger partial charge in [0.1, 0.15) is 0 Å². The molecule has 1 fully saturated rings. The molecule has 5 nitrogen and oxygen atoms in total. The predicted molar refractivity (Wildman–Crippen MR) is 96.9 cm³/mol. The number of para-hydroxylation sites is 2. The Morgan fingerprint density at radius 2 is 1.52 bits per heavy atom. The van der Waals surface area contributed by atoms with Crippen LogP contribution < -0.4 is 4.90 Å². The van der Waals surface area contributed by atoms with E-state index in [0.717, 1.165) is 11.4 Å². The number of amides is 2. The molecule has 1 saturated heterocycles. The molecule has 0 radical (unpaired) electrons. The Bertz CT molecular complexity index is 694. The number of benzene rings is 2. The third-order valence-electron chi connectivity index (χ3n) is 4.69. The zero-order valence-corrected chi connectivity index (χ0v) is 14.2. The van der Waals surface area contributed by atoms with E-state index < -0.39 is 5.97 Å². The molecule has 130 valence electrons. The average Bonchev–Trinajstić information content (AvgIpc) is 2.63. The summed E-state index contributed by atoms with van der Waals surface area (Å²) in [7, 11) is 0. The van der Waals surface area contributed by atoms with Crippen LogP contribution in [0, 0.1) is 5.92 Å². The molecule has 0 saturated carbocycles. The summed E-state index contributed by atoms with van der Waals surface area (Å²) in [6, 6.07) is 18.8. The van der Waals surface area contributed by atoms with Crippen molar-refractivity contribution in [3.05, 3.63) is 60.7 Å². The molecule has 3 rings (SSSR count). The van der Waals surface area contributed by atoms with Gasteiger partial charge in [0.25, 0.3) is 0 Å². The normalized spacial score (nSPS) is 20.1. The maximum atomic E-state index is 13.3. The summed E-state index contributed by atoms with van der Waals surface area (Å²) in [6.07, 6.45) is 0.974. The monoisotopic (exact) mass is 338 g/mol. The molecule has 25 heavy (non-hydrogen) atoms. The van der Waals surface area contributed by atoms with Gasteiger partial charge in [0, 0.05) is 12.6 Å². The van der Waals surface area contributed by atoms with Crippen LogP contribution in [0.4, 0.5) is 16.2 Å². The molecule has 5 heteroatoms. The van der Waals surface area contributed by atoms with Crippen molar-refractivity contribution in [2.75, 3.05) is 11.4 Å². The quantitative estimate of drug-likeness (QED) is 0.915. The van der Waals surface area contributed by atoms with Crippen molar-refractivity contribution < 1.29 is 14.7 Å². The van der Waals surface area contributed by atoms with Gasteiger partial charge in [-0.3, -0.25) is 9.69 Å². The van der Waals surface area contributed by atoms with E-state index in [2.05, 4.69) is 0 Å². The highest BCUT2D eigenvalue weighted by molar-refractivity contribution is 5.99. The predicted octanol–water partition coefficient (Wildman–Crippen LogP) is 4.13. The standard InChI is InChI=1S/C20H22N2O3/c1-15-14-16(19(23)24)12-13-21(15)20(25)22(17-8-4-2-5-9-17)18-10-6-3-7-11-18/h2-11,15-16H,12-14H2,1H3,(H,23,24). The second-order valence-corrected chi connectivity index (χ2v) is 6.39. The van der Waals surface area contributed by atoms with Crippen molar-refractivity contribution in [2.45, 2.75) is 25.8 Å². The highest BCUT2D eigenvalue weighted by Crippen LogP contribution is 2.30. The number of urea groups is 1. The first-order chi connectivity index (χ1) is 12.1. The highest BCUT2D eigenvalue weighted by atomic mass is 16.4. The van der Waals surface area contributed by atoms with Crippen LogP contribution in [0.1, 0.15) is 19.8 Å². The van der Waals surface area contributed by atoms with Crippen LogP contribution >= 0.6 is 0 Å². The molecule has 2 atom stereocenters. The van der Waals surface area contributed by atoms with Crippen LogP contribution in [0.3, 0.4) is 0 Å². The molecule has 2 aromatic rings. The summed E-state index contributed by atoms with van der Waals surface area (Å²) in [5, 5.41) is 9.23. The van der Waals surface area contributed by atoms with Crippen molar-refractivity contribution in [3.63, 3.8) is 0 Å². The largest absolute Gasteiger partial charge is 0.481 e. The minimum Gasteiger partial charge on any atom is -0.481 e. The molecule has 2 amide bonds. The second kappa shape index (κ2) is 7.38. The van der Waals surface area contributed by atoms with E-state index in [-0.39, 0.29) is 18.0 Å². The topological polar surface area (TPSA) is 60.9 Å². The number of carboxylic acids is 1. The van der Waals surface area contributed by atoms with E-state index >= 15 is 0 Å². The van der Waals surface area contributed by atoms with Crippen LogP contribution in [-0.2, 0) is 4.79 Å². The van der Waals surface area contributed by atoms with E-state index in [1.165, 1.54) is 0 Å². The number of piperidine rings is 1. The molecule has 0 aromatic heterocycles. The van der Waals surface area contributed by atoms with Crippen molar-refractivity contribution in [2.24, 2.45) is 5.92 Å². The number of aliphatic carboxylic acids is 1. The number of likely N-dealkylation sites (tertiary alicyclic amines) is 1. The first-order valence-electron chi connectivity index (χ1n) is 8.51. The van der Waals surface area contributed by atoms with Crippen molar-refractivity contribution >= 4 is 23.4 Å². The van der Waals surface area contributed by atoms with Gasteiger partial charge in [-0.1, -0.05) is 36.4 Å². The lowest BCUT2D eigenvalue weighted by Crippen LogP contribution is -2.50. The van der Waals surface area contributed by atoms with Gasteiger partial charge < -0.3 is 10.0 Å². The molecule has 1 aliphatic heterocycles. The Kier molecular flexibility index (Phi) is 5.03. The van der Waals surface area contributed by atoms with Crippen molar-refractivity contribution in [1.82, 2.24) is 4.90 Å². The third-order valence-corrected chi connectivity index (χ3v) is 4.69. The van der Waals surface area contributed by atoms with Gasteiger partial charge in [0.2, 0.25) is 0 Å². The molecule has 0 bridgehead atoms. The third kappa shape index (κ3) is 3.65. The average molecular weight is 338 g/mol. The van der Waals surface area contributed by atoms with Gasteiger partial charge >= 0.3 is 12.0 Å². The second-order valence-electron chi connectivity index (χ2n) is 6.39. The summed E-state index contributed by atoms with van der Waals surface area (Å²) in [5.74, 6) is -1.15. The minimum atomic E-state index is -0.776. The summed E-state index contributed by atoms with van der Waals surface area (Å²) < 4.78 is 0. The number of carbonyl (C=O) groups excluding carboxylic acids is 1. The number of hydrogen-bond donors (Lipinski definition) is 1. The first-order valence-corrected chi connectivity index (χ1v) is 8.51. The highest BCUT2D eigenvalue weighted by Gasteiger charge is 2.35. The Balaban J connectivity index is 1.89. The minimum absolute atomic E-state index is 0.114. The molecule has 0 aliphatic carbocycles. The number of anilines is 2. The van der Waals surface area contributed by atoms with E-state index in [1.807, 2.05) is 67.6 Å². The fourth-order valence-electron chi connectivity index (χ4n) is 3.33. The van der Waals surface area contributed by atoms with E-state index in [1.54, 1.807) is 9.80 Å². The van der Waals surface area contributed by atoms with Gasteiger partial charge in [0.15, 0.2) is 0 Å². The van der Waals surface area contributed by atoms with Crippen LogP contribution in [-0.4, -0.2) is 34.6 Å². The molecule has 1 aliphatic rings. The lowest BCUT2D eigenvalue weighted by Gasteiger charge is -2.39. The summed E-state index contributed by atoms with van der Waals surface area (Å²) in [6.45, 7) is 2.37. The van der Waals surface area contributed by atoms with Gasteiger partial charge in [0.05, 0.1) is 17.3 Å². The van der Waals surface area contributed by atoms with Crippen LogP contribution in [0.2, 0.25) is 0 Å². The first kappa shape index (κ1) is 17.0. The van der Waals surface area contributed by atoms with Crippen molar-refractivity contribution in [3.8, 4) is 0 Å². The molecule has 1 N–H and O–H groups in total. The lowest BCUT2D eigenvalue weighted by molar-refractivity contribution is -0.143. The Morgan fingerprint density at radius 1 is 1.00 bits per heavy atom. The van der Waals surface area contributed by atoms with Crippen LogP contribution in [0.25, 0.3) is 0 Å². The maximum Gasteiger partial charge on any atom is 0.329 e. The number of nitrogens with zero attached hydrogens (tertiary/aromatic N) is 2. The molecule has 1 heterocycles. The van der Waals surface area contributed by atoms with Crippen molar-refractivity contribution in [1.29, 1.82) is 0 Å². The maximum absolute atomic E-state index is 13.3. The fourth-order valence-corrected chi connectivity index (χ4v) is 3.33.